The van der Waals surface area contributed by atoms with Gasteiger partial charge in [0, 0.05) is 31.5 Å². The van der Waals surface area contributed by atoms with Gasteiger partial charge in [0.1, 0.15) is 0 Å². The number of nitrogens with zero attached hydrogens (tertiary/aromatic N) is 2. The molecule has 1 aromatic rings. The molecule has 2 fully saturated rings. The van der Waals surface area contributed by atoms with Crippen LogP contribution in [0, 0.1) is 5.92 Å². The van der Waals surface area contributed by atoms with Crippen LogP contribution < -0.4 is 0 Å². The molecular weight excluding hydrogens is 172 g/mol. The third-order valence-corrected chi connectivity index (χ3v) is 3.63. The number of hydrogen-bond donors (Lipinski definition) is 0. The van der Waals surface area contributed by atoms with Crippen LogP contribution in [0.25, 0.3) is 0 Å². The zero-order valence-corrected chi connectivity index (χ0v) is 8.39. The zero-order valence-electron chi connectivity index (χ0n) is 8.39. The Bertz CT molecular complexity index is 309. The van der Waals surface area contributed by atoms with Crippen molar-refractivity contribution < 1.29 is 0 Å². The number of fused-ring (bicyclic) bond motifs is 2. The molecule has 1 aliphatic carbocycles. The van der Waals surface area contributed by atoms with E-state index in [1.54, 1.807) is 0 Å². The molecule has 0 spiro atoms. The normalized spacial score (nSPS) is 31.1. The molecule has 2 nitrogen and oxygen atoms in total. The van der Waals surface area contributed by atoms with Crippen LogP contribution in [0.3, 0.4) is 0 Å². The number of likely N-dealkylation sites (tertiary alicyclic amines) is 1. The molecule has 1 aromatic heterocycles. The first kappa shape index (κ1) is 8.42. The Morgan fingerprint density at radius 2 is 2.43 bits per heavy atom. The van der Waals surface area contributed by atoms with Crippen molar-refractivity contribution in [1.82, 2.24) is 9.88 Å². The summed E-state index contributed by atoms with van der Waals surface area (Å²) in [6, 6.07) is 5.09. The van der Waals surface area contributed by atoms with Gasteiger partial charge >= 0.3 is 0 Å². The summed E-state index contributed by atoms with van der Waals surface area (Å²) in [7, 11) is 0. The quantitative estimate of drug-likeness (QED) is 0.706. The van der Waals surface area contributed by atoms with E-state index in [0.717, 1.165) is 18.5 Å². The second-order valence-corrected chi connectivity index (χ2v) is 4.62. The first-order chi connectivity index (χ1) is 6.92. The van der Waals surface area contributed by atoms with Gasteiger partial charge in [-0.05, 0) is 36.8 Å². The van der Waals surface area contributed by atoms with Crippen molar-refractivity contribution in [3.63, 3.8) is 0 Å². The highest BCUT2D eigenvalue weighted by atomic mass is 15.2. The molecule has 1 saturated carbocycles. The summed E-state index contributed by atoms with van der Waals surface area (Å²) in [4.78, 5) is 6.79. The molecule has 0 aromatic carbocycles. The van der Waals surface area contributed by atoms with Gasteiger partial charge in [-0.1, -0.05) is 6.07 Å². The van der Waals surface area contributed by atoms with Crippen molar-refractivity contribution in [2.75, 3.05) is 6.54 Å². The van der Waals surface area contributed by atoms with Crippen LogP contribution in [0.2, 0.25) is 0 Å². The lowest BCUT2D eigenvalue weighted by atomic mass is 10.1. The predicted molar refractivity (Wildman–Crippen MR) is 55.8 cm³/mol. The molecular formula is C12H16N2. The van der Waals surface area contributed by atoms with E-state index < -0.39 is 0 Å². The number of hydrogen-bond acceptors (Lipinski definition) is 2. The van der Waals surface area contributed by atoms with E-state index in [0.29, 0.717) is 0 Å². The molecule has 0 N–H and O–H groups in total. The Balaban J connectivity index is 1.69. The second-order valence-electron chi connectivity index (χ2n) is 4.62. The van der Waals surface area contributed by atoms with Crippen LogP contribution in [0.4, 0.5) is 0 Å². The molecule has 2 unspecified atom stereocenters. The summed E-state index contributed by atoms with van der Waals surface area (Å²) < 4.78 is 0. The fraction of sp³-hybridized carbons (Fsp3) is 0.583. The summed E-state index contributed by atoms with van der Waals surface area (Å²) in [6.45, 7) is 2.43. The number of rotatable bonds is 2. The smallest absolute Gasteiger partial charge is 0.0312 e. The Labute approximate surface area is 85.0 Å². The molecule has 14 heavy (non-hydrogen) atoms. The Morgan fingerprint density at radius 1 is 1.43 bits per heavy atom. The van der Waals surface area contributed by atoms with Crippen molar-refractivity contribution in [2.45, 2.75) is 31.8 Å². The topological polar surface area (TPSA) is 16.1 Å². The summed E-state index contributed by atoms with van der Waals surface area (Å²) in [6.07, 6.45) is 8.17. The first-order valence-electron chi connectivity index (χ1n) is 5.55. The third kappa shape index (κ3) is 1.44. The zero-order chi connectivity index (χ0) is 9.38. The van der Waals surface area contributed by atoms with Gasteiger partial charge in [-0.15, -0.1) is 0 Å². The lowest BCUT2D eigenvalue weighted by Gasteiger charge is -2.26. The van der Waals surface area contributed by atoms with Gasteiger partial charge < -0.3 is 0 Å². The van der Waals surface area contributed by atoms with Crippen molar-refractivity contribution in [2.24, 2.45) is 5.92 Å². The molecule has 2 heteroatoms. The Hall–Kier alpha value is -0.890. The number of aromatic nitrogens is 1. The fourth-order valence-corrected chi connectivity index (χ4v) is 2.95. The fourth-order valence-electron chi connectivity index (χ4n) is 2.95. The summed E-state index contributed by atoms with van der Waals surface area (Å²) in [5.41, 5.74) is 1.36. The molecule has 2 bridgehead atoms. The maximum absolute atomic E-state index is 4.16. The highest BCUT2D eigenvalue weighted by Gasteiger charge is 2.37. The Kier molecular flexibility index (Phi) is 2.02. The van der Waals surface area contributed by atoms with Gasteiger partial charge in [0.2, 0.25) is 0 Å². The lowest BCUT2D eigenvalue weighted by molar-refractivity contribution is 0.205. The summed E-state index contributed by atoms with van der Waals surface area (Å²) in [5.74, 6) is 0.997. The van der Waals surface area contributed by atoms with E-state index in [1.807, 2.05) is 18.5 Å². The minimum absolute atomic E-state index is 0.875. The second kappa shape index (κ2) is 3.35. The average molecular weight is 188 g/mol. The van der Waals surface area contributed by atoms with E-state index in [2.05, 4.69) is 16.0 Å². The van der Waals surface area contributed by atoms with Crippen molar-refractivity contribution in [3.8, 4) is 0 Å². The largest absolute Gasteiger partial charge is 0.296 e. The van der Waals surface area contributed by atoms with E-state index >= 15 is 0 Å². The van der Waals surface area contributed by atoms with E-state index in [9.17, 15) is 0 Å². The maximum atomic E-state index is 4.16. The van der Waals surface area contributed by atoms with Gasteiger partial charge in [-0.2, -0.15) is 0 Å². The van der Waals surface area contributed by atoms with Crippen LogP contribution in [0.5, 0.6) is 0 Å². The molecule has 2 aliphatic rings. The molecule has 3 rings (SSSR count). The van der Waals surface area contributed by atoms with E-state index in [4.69, 9.17) is 0 Å². The van der Waals surface area contributed by atoms with Crippen molar-refractivity contribution in [1.29, 1.82) is 0 Å². The molecule has 0 amide bonds. The van der Waals surface area contributed by atoms with E-state index in [1.165, 1.54) is 31.4 Å². The van der Waals surface area contributed by atoms with Crippen LogP contribution in [0.15, 0.2) is 24.5 Å². The molecule has 1 saturated heterocycles. The molecule has 74 valence electrons. The molecule has 2 atom stereocenters. The first-order valence-corrected chi connectivity index (χ1v) is 5.55. The third-order valence-electron chi connectivity index (χ3n) is 3.63. The minimum atomic E-state index is 0.875. The van der Waals surface area contributed by atoms with Gasteiger partial charge in [-0.3, -0.25) is 9.88 Å². The number of pyridine rings is 1. The van der Waals surface area contributed by atoms with Gasteiger partial charge in [0.25, 0.3) is 0 Å². The minimum Gasteiger partial charge on any atom is -0.296 e. The van der Waals surface area contributed by atoms with E-state index in [-0.39, 0.29) is 0 Å². The monoisotopic (exact) mass is 188 g/mol. The van der Waals surface area contributed by atoms with Gasteiger partial charge in [-0.25, -0.2) is 0 Å². The summed E-state index contributed by atoms with van der Waals surface area (Å²) >= 11 is 0. The Morgan fingerprint density at radius 3 is 3.07 bits per heavy atom. The maximum Gasteiger partial charge on any atom is 0.0312 e. The molecule has 2 heterocycles. The molecule has 1 aliphatic heterocycles. The van der Waals surface area contributed by atoms with Gasteiger partial charge in [0.05, 0.1) is 0 Å². The highest BCUT2D eigenvalue weighted by Crippen LogP contribution is 2.37. The van der Waals surface area contributed by atoms with Crippen LogP contribution in [-0.4, -0.2) is 22.5 Å². The number of piperidine rings is 1. The van der Waals surface area contributed by atoms with Gasteiger partial charge in [0.15, 0.2) is 0 Å². The standard InChI is InChI=1S/C12H16N2/c1-2-11(7-13-5-1)9-14-8-10-3-4-12(14)6-10/h1-2,5,7,10,12H,3-4,6,8-9H2. The van der Waals surface area contributed by atoms with Crippen LogP contribution in [-0.2, 0) is 6.54 Å². The predicted octanol–water partition coefficient (Wildman–Crippen LogP) is 2.07. The van der Waals surface area contributed by atoms with Crippen molar-refractivity contribution >= 4 is 0 Å². The highest BCUT2D eigenvalue weighted by molar-refractivity contribution is 5.09. The SMILES string of the molecule is c1cncc(CN2CC3CCC2C3)c1. The average Bonchev–Trinajstić information content (AvgIpc) is 2.81. The van der Waals surface area contributed by atoms with Crippen LogP contribution >= 0.6 is 0 Å². The van der Waals surface area contributed by atoms with Crippen molar-refractivity contribution in [3.05, 3.63) is 30.1 Å². The lowest BCUT2D eigenvalue weighted by Crippen LogP contribution is -2.31. The summed E-state index contributed by atoms with van der Waals surface area (Å²) in [5, 5.41) is 0. The molecule has 0 radical (unpaired) electrons. The van der Waals surface area contributed by atoms with Crippen LogP contribution in [0.1, 0.15) is 24.8 Å².